The second kappa shape index (κ2) is 8.84. The normalized spacial score (nSPS) is 19.5. The van der Waals surface area contributed by atoms with Crippen LogP contribution in [-0.4, -0.2) is 55.8 Å². The van der Waals surface area contributed by atoms with E-state index >= 15 is 0 Å². The SMILES string of the molecule is O=C(NC1CC1)[C@@H](c1ccccc1)N1CCN(S(=O)(=O)c2ccccc2C(F)(F)F)CC1. The third kappa shape index (κ3) is 4.82. The molecular weight excluding hydrogens is 443 g/mol. The molecule has 1 amide bonds. The largest absolute Gasteiger partial charge is 0.417 e. The molecule has 1 aliphatic heterocycles. The van der Waals surface area contributed by atoms with Gasteiger partial charge in [0.2, 0.25) is 15.9 Å². The molecule has 0 spiro atoms. The monoisotopic (exact) mass is 467 g/mol. The van der Waals surface area contributed by atoms with E-state index in [0.717, 1.165) is 34.8 Å². The molecule has 0 aromatic heterocycles. The maximum Gasteiger partial charge on any atom is 0.417 e. The molecule has 1 saturated heterocycles. The molecule has 0 radical (unpaired) electrons. The average Bonchev–Trinajstić information content (AvgIpc) is 3.58. The van der Waals surface area contributed by atoms with Crippen molar-refractivity contribution in [1.29, 1.82) is 0 Å². The fraction of sp³-hybridized carbons (Fsp3) is 0.409. The van der Waals surface area contributed by atoms with Gasteiger partial charge in [0, 0.05) is 32.2 Å². The lowest BCUT2D eigenvalue weighted by Crippen LogP contribution is -2.52. The van der Waals surface area contributed by atoms with Gasteiger partial charge in [0.05, 0.1) is 10.5 Å². The van der Waals surface area contributed by atoms with Crippen LogP contribution in [0.25, 0.3) is 0 Å². The number of halogens is 3. The zero-order chi connectivity index (χ0) is 22.9. The molecule has 32 heavy (non-hydrogen) atoms. The van der Waals surface area contributed by atoms with Crippen LogP contribution in [0, 0.1) is 0 Å². The third-order valence-corrected chi connectivity index (χ3v) is 7.69. The number of hydrogen-bond acceptors (Lipinski definition) is 4. The molecule has 0 unspecified atom stereocenters. The van der Waals surface area contributed by atoms with Crippen LogP contribution in [0.2, 0.25) is 0 Å². The smallest absolute Gasteiger partial charge is 0.352 e. The van der Waals surface area contributed by atoms with E-state index in [1.54, 1.807) is 0 Å². The first-order valence-electron chi connectivity index (χ1n) is 10.4. The molecule has 1 saturated carbocycles. The van der Waals surface area contributed by atoms with E-state index in [9.17, 15) is 26.4 Å². The first kappa shape index (κ1) is 22.8. The summed E-state index contributed by atoms with van der Waals surface area (Å²) in [5, 5.41) is 3.00. The Hall–Kier alpha value is -2.43. The summed E-state index contributed by atoms with van der Waals surface area (Å²) < 4.78 is 67.2. The van der Waals surface area contributed by atoms with Crippen molar-refractivity contribution < 1.29 is 26.4 Å². The predicted octanol–water partition coefficient (Wildman–Crippen LogP) is 3.03. The van der Waals surface area contributed by atoms with Gasteiger partial charge in [-0.1, -0.05) is 42.5 Å². The molecule has 10 heteroatoms. The Bertz CT molecular complexity index is 1060. The topological polar surface area (TPSA) is 69.7 Å². The van der Waals surface area contributed by atoms with Crippen molar-refractivity contribution in [2.24, 2.45) is 0 Å². The van der Waals surface area contributed by atoms with Gasteiger partial charge >= 0.3 is 6.18 Å². The number of amides is 1. The Balaban J connectivity index is 1.53. The van der Waals surface area contributed by atoms with Crippen LogP contribution >= 0.6 is 0 Å². The third-order valence-electron chi connectivity index (χ3n) is 5.74. The lowest BCUT2D eigenvalue weighted by Gasteiger charge is -2.38. The number of rotatable bonds is 6. The van der Waals surface area contributed by atoms with E-state index in [1.165, 1.54) is 12.1 Å². The first-order chi connectivity index (χ1) is 15.2. The minimum absolute atomic E-state index is 0.00539. The molecule has 1 heterocycles. The number of alkyl halides is 3. The number of nitrogens with zero attached hydrogens (tertiary/aromatic N) is 2. The van der Waals surface area contributed by atoms with E-state index in [1.807, 2.05) is 35.2 Å². The molecule has 172 valence electrons. The highest BCUT2D eigenvalue weighted by Crippen LogP contribution is 2.35. The summed E-state index contributed by atoms with van der Waals surface area (Å²) in [6.07, 6.45) is -2.89. The standard InChI is InChI=1S/C22H24F3N3O3S/c23-22(24,25)18-8-4-5-9-19(18)32(30,31)28-14-12-27(13-15-28)20(16-6-2-1-3-7-16)21(29)26-17-10-11-17/h1-9,17,20H,10-15H2,(H,26,29)/t20-/m1/s1. The summed E-state index contributed by atoms with van der Waals surface area (Å²) in [6.45, 7) is 0.444. The van der Waals surface area contributed by atoms with Crippen LogP contribution in [0.3, 0.4) is 0 Å². The zero-order valence-corrected chi connectivity index (χ0v) is 18.1. The minimum Gasteiger partial charge on any atom is -0.352 e. The van der Waals surface area contributed by atoms with Gasteiger partial charge in [0.15, 0.2) is 0 Å². The predicted molar refractivity (Wildman–Crippen MR) is 112 cm³/mol. The summed E-state index contributed by atoms with van der Waals surface area (Å²) >= 11 is 0. The van der Waals surface area contributed by atoms with Gasteiger partial charge in [0.25, 0.3) is 0 Å². The zero-order valence-electron chi connectivity index (χ0n) is 17.3. The Morgan fingerprint density at radius 1 is 0.938 bits per heavy atom. The second-order valence-electron chi connectivity index (χ2n) is 8.03. The van der Waals surface area contributed by atoms with Gasteiger partial charge in [-0.3, -0.25) is 9.69 Å². The van der Waals surface area contributed by atoms with Crippen molar-refractivity contribution in [3.8, 4) is 0 Å². The molecule has 1 N–H and O–H groups in total. The van der Waals surface area contributed by atoms with Crippen LogP contribution in [0.15, 0.2) is 59.5 Å². The van der Waals surface area contributed by atoms with E-state index in [-0.39, 0.29) is 38.1 Å². The van der Waals surface area contributed by atoms with Gasteiger partial charge in [-0.2, -0.15) is 17.5 Å². The van der Waals surface area contributed by atoms with Gasteiger partial charge < -0.3 is 5.32 Å². The highest BCUT2D eigenvalue weighted by atomic mass is 32.2. The Kier molecular flexibility index (Phi) is 6.28. The number of hydrogen-bond donors (Lipinski definition) is 1. The van der Waals surface area contributed by atoms with Crippen LogP contribution in [-0.2, 0) is 21.0 Å². The molecule has 2 aromatic rings. The molecule has 4 rings (SSSR count). The fourth-order valence-corrected chi connectivity index (χ4v) is 5.57. The molecule has 1 aliphatic carbocycles. The highest BCUT2D eigenvalue weighted by molar-refractivity contribution is 7.89. The van der Waals surface area contributed by atoms with E-state index in [2.05, 4.69) is 5.32 Å². The Morgan fingerprint density at radius 3 is 2.12 bits per heavy atom. The summed E-state index contributed by atoms with van der Waals surface area (Å²) in [4.78, 5) is 14.1. The average molecular weight is 468 g/mol. The molecule has 2 aromatic carbocycles. The van der Waals surface area contributed by atoms with E-state index < -0.39 is 32.7 Å². The van der Waals surface area contributed by atoms with Crippen LogP contribution in [0.5, 0.6) is 0 Å². The van der Waals surface area contributed by atoms with Gasteiger partial charge in [-0.25, -0.2) is 8.42 Å². The molecule has 0 bridgehead atoms. The molecular formula is C22H24F3N3O3S. The van der Waals surface area contributed by atoms with Gasteiger partial charge in [-0.05, 0) is 30.5 Å². The lowest BCUT2D eigenvalue weighted by molar-refractivity contribution is -0.140. The van der Waals surface area contributed by atoms with Crippen molar-refractivity contribution in [3.05, 3.63) is 65.7 Å². The van der Waals surface area contributed by atoms with E-state index in [0.29, 0.717) is 0 Å². The first-order valence-corrected chi connectivity index (χ1v) is 11.9. The van der Waals surface area contributed by atoms with Crippen molar-refractivity contribution in [2.75, 3.05) is 26.2 Å². The van der Waals surface area contributed by atoms with E-state index in [4.69, 9.17) is 0 Å². The molecule has 2 aliphatic rings. The Labute approximate surface area is 185 Å². The van der Waals surface area contributed by atoms with Crippen LogP contribution in [0.4, 0.5) is 13.2 Å². The van der Waals surface area contributed by atoms with Gasteiger partial charge in [-0.15, -0.1) is 0 Å². The van der Waals surface area contributed by atoms with Crippen molar-refractivity contribution in [2.45, 2.75) is 36.0 Å². The molecule has 6 nitrogen and oxygen atoms in total. The summed E-state index contributed by atoms with van der Waals surface area (Å²) in [5.41, 5.74) is -0.377. The van der Waals surface area contributed by atoms with Crippen molar-refractivity contribution in [3.63, 3.8) is 0 Å². The quantitative estimate of drug-likeness (QED) is 0.709. The van der Waals surface area contributed by atoms with Crippen LogP contribution in [0.1, 0.15) is 30.0 Å². The number of carbonyl (C=O) groups excluding carboxylic acids is 1. The van der Waals surface area contributed by atoms with Gasteiger partial charge in [0.1, 0.15) is 6.04 Å². The molecule has 2 fully saturated rings. The van der Waals surface area contributed by atoms with Crippen LogP contribution < -0.4 is 5.32 Å². The maximum atomic E-state index is 13.4. The number of sulfonamides is 1. The maximum absolute atomic E-state index is 13.4. The number of piperazine rings is 1. The number of carbonyl (C=O) groups is 1. The Morgan fingerprint density at radius 2 is 1.53 bits per heavy atom. The fourth-order valence-electron chi connectivity index (χ4n) is 3.94. The summed E-state index contributed by atoms with van der Waals surface area (Å²) in [5.74, 6) is -0.141. The summed E-state index contributed by atoms with van der Waals surface area (Å²) in [7, 11) is -4.33. The summed E-state index contributed by atoms with van der Waals surface area (Å²) in [6, 6.07) is 13.0. The lowest BCUT2D eigenvalue weighted by atomic mass is 10.0. The number of benzene rings is 2. The number of nitrogens with one attached hydrogen (secondary N) is 1. The van der Waals surface area contributed by atoms with Crippen molar-refractivity contribution >= 4 is 15.9 Å². The second-order valence-corrected chi connectivity index (χ2v) is 9.94. The molecule has 1 atom stereocenters. The minimum atomic E-state index is -4.77. The highest BCUT2D eigenvalue weighted by Gasteiger charge is 2.41. The van der Waals surface area contributed by atoms with Crippen molar-refractivity contribution in [1.82, 2.24) is 14.5 Å².